The van der Waals surface area contributed by atoms with Crippen molar-refractivity contribution in [2.75, 3.05) is 0 Å². The highest BCUT2D eigenvalue weighted by molar-refractivity contribution is 5.88. The van der Waals surface area contributed by atoms with E-state index in [1.807, 2.05) is 37.4 Å². The molecule has 17 heavy (non-hydrogen) atoms. The molecule has 0 fully saturated rings. The van der Waals surface area contributed by atoms with Crippen LogP contribution in [0.2, 0.25) is 0 Å². The Bertz CT molecular complexity index is 568. The Hall–Kier alpha value is -2.03. The van der Waals surface area contributed by atoms with E-state index >= 15 is 0 Å². The molecule has 0 spiro atoms. The molecule has 0 aliphatic carbocycles. The number of ether oxygens (including phenoxy) is 1. The standard InChI is InChI=1S/C14H15NO2/c1-9(2)14(16)17-10(3)12-8-15-13-7-5-4-6-11(12)13/h4-8,10,15H,1H2,2-3H3. The van der Waals surface area contributed by atoms with E-state index in [0.717, 1.165) is 16.5 Å². The minimum Gasteiger partial charge on any atom is -0.454 e. The lowest BCUT2D eigenvalue weighted by molar-refractivity contribution is -0.143. The van der Waals surface area contributed by atoms with Crippen molar-refractivity contribution in [3.63, 3.8) is 0 Å². The second-order valence-corrected chi connectivity index (χ2v) is 4.12. The Morgan fingerprint density at radius 2 is 2.12 bits per heavy atom. The van der Waals surface area contributed by atoms with Gasteiger partial charge < -0.3 is 9.72 Å². The molecule has 0 radical (unpaired) electrons. The number of esters is 1. The number of rotatable bonds is 3. The van der Waals surface area contributed by atoms with Crippen LogP contribution in [-0.4, -0.2) is 11.0 Å². The second-order valence-electron chi connectivity index (χ2n) is 4.12. The van der Waals surface area contributed by atoms with Crippen molar-refractivity contribution >= 4 is 16.9 Å². The molecule has 1 heterocycles. The van der Waals surface area contributed by atoms with Crippen LogP contribution < -0.4 is 0 Å². The zero-order chi connectivity index (χ0) is 12.4. The number of carbonyl (C=O) groups is 1. The van der Waals surface area contributed by atoms with Crippen molar-refractivity contribution in [1.82, 2.24) is 4.98 Å². The number of hydrogen-bond acceptors (Lipinski definition) is 2. The van der Waals surface area contributed by atoms with E-state index in [4.69, 9.17) is 4.74 Å². The van der Waals surface area contributed by atoms with E-state index in [-0.39, 0.29) is 12.1 Å². The number of nitrogens with one attached hydrogen (secondary N) is 1. The van der Waals surface area contributed by atoms with Gasteiger partial charge in [-0.25, -0.2) is 4.79 Å². The molecule has 88 valence electrons. The van der Waals surface area contributed by atoms with Gasteiger partial charge in [-0.15, -0.1) is 0 Å². The van der Waals surface area contributed by atoms with E-state index in [0.29, 0.717) is 5.57 Å². The fourth-order valence-corrected chi connectivity index (χ4v) is 1.75. The summed E-state index contributed by atoms with van der Waals surface area (Å²) >= 11 is 0. The molecule has 0 aliphatic rings. The molecule has 1 aromatic carbocycles. The Morgan fingerprint density at radius 1 is 1.41 bits per heavy atom. The number of fused-ring (bicyclic) bond motifs is 1. The molecule has 1 aromatic heterocycles. The van der Waals surface area contributed by atoms with E-state index in [2.05, 4.69) is 11.6 Å². The lowest BCUT2D eigenvalue weighted by atomic mass is 10.1. The van der Waals surface area contributed by atoms with Gasteiger partial charge in [-0.3, -0.25) is 0 Å². The SMILES string of the molecule is C=C(C)C(=O)OC(C)c1c[nH]c2ccccc12. The minimum absolute atomic E-state index is 0.282. The van der Waals surface area contributed by atoms with Crippen LogP contribution in [0.3, 0.4) is 0 Å². The van der Waals surface area contributed by atoms with Crippen molar-refractivity contribution in [2.45, 2.75) is 20.0 Å². The van der Waals surface area contributed by atoms with Gasteiger partial charge in [0, 0.05) is 28.2 Å². The molecule has 1 N–H and O–H groups in total. The first kappa shape index (κ1) is 11.5. The lowest BCUT2D eigenvalue weighted by Crippen LogP contribution is -2.08. The number of para-hydroxylation sites is 1. The molecular formula is C14H15NO2. The number of aromatic nitrogens is 1. The molecule has 1 atom stereocenters. The highest BCUT2D eigenvalue weighted by Crippen LogP contribution is 2.26. The highest BCUT2D eigenvalue weighted by atomic mass is 16.5. The van der Waals surface area contributed by atoms with Gasteiger partial charge >= 0.3 is 5.97 Å². The average molecular weight is 229 g/mol. The topological polar surface area (TPSA) is 42.1 Å². The Kier molecular flexibility index (Phi) is 3.00. The molecule has 3 heteroatoms. The summed E-state index contributed by atoms with van der Waals surface area (Å²) in [6.45, 7) is 7.07. The summed E-state index contributed by atoms with van der Waals surface area (Å²) in [6.07, 6.45) is 1.59. The molecule has 0 saturated heterocycles. The van der Waals surface area contributed by atoms with E-state index in [1.54, 1.807) is 6.92 Å². The van der Waals surface area contributed by atoms with Gasteiger partial charge in [-0.1, -0.05) is 24.8 Å². The van der Waals surface area contributed by atoms with Crippen LogP contribution in [0.15, 0.2) is 42.6 Å². The second kappa shape index (κ2) is 4.45. The van der Waals surface area contributed by atoms with Crippen molar-refractivity contribution in [3.8, 4) is 0 Å². The maximum atomic E-state index is 11.5. The number of carbonyl (C=O) groups excluding carboxylic acids is 1. The normalized spacial score (nSPS) is 12.4. The van der Waals surface area contributed by atoms with Gasteiger partial charge in [-0.05, 0) is 19.9 Å². The van der Waals surface area contributed by atoms with Gasteiger partial charge in [0.15, 0.2) is 0 Å². The van der Waals surface area contributed by atoms with E-state index in [9.17, 15) is 4.79 Å². The molecule has 0 aliphatic heterocycles. The maximum absolute atomic E-state index is 11.5. The van der Waals surface area contributed by atoms with Crippen molar-refractivity contribution < 1.29 is 9.53 Å². The van der Waals surface area contributed by atoms with Gasteiger partial charge in [-0.2, -0.15) is 0 Å². The zero-order valence-corrected chi connectivity index (χ0v) is 9.99. The first-order valence-corrected chi connectivity index (χ1v) is 5.52. The predicted octanol–water partition coefficient (Wildman–Crippen LogP) is 3.35. The van der Waals surface area contributed by atoms with Gasteiger partial charge in [0.25, 0.3) is 0 Å². The van der Waals surface area contributed by atoms with Gasteiger partial charge in [0.05, 0.1) is 0 Å². The number of benzene rings is 1. The molecular weight excluding hydrogens is 214 g/mol. The summed E-state index contributed by atoms with van der Waals surface area (Å²) in [5.41, 5.74) is 2.44. The van der Waals surface area contributed by atoms with Gasteiger partial charge in [0.2, 0.25) is 0 Å². The quantitative estimate of drug-likeness (QED) is 0.647. The van der Waals surface area contributed by atoms with Crippen molar-refractivity contribution in [1.29, 1.82) is 0 Å². The van der Waals surface area contributed by atoms with Crippen molar-refractivity contribution in [3.05, 3.63) is 48.2 Å². The predicted molar refractivity (Wildman–Crippen MR) is 67.6 cm³/mol. The van der Waals surface area contributed by atoms with Crippen LogP contribution in [0.25, 0.3) is 10.9 Å². The summed E-state index contributed by atoms with van der Waals surface area (Å²) < 4.78 is 5.31. The summed E-state index contributed by atoms with van der Waals surface area (Å²) in [5, 5.41) is 1.08. The molecule has 0 amide bonds. The number of H-pyrrole nitrogens is 1. The van der Waals surface area contributed by atoms with Crippen molar-refractivity contribution in [2.24, 2.45) is 0 Å². The fraction of sp³-hybridized carbons (Fsp3) is 0.214. The summed E-state index contributed by atoms with van der Waals surface area (Å²) in [6, 6.07) is 7.93. The minimum atomic E-state index is -0.359. The largest absolute Gasteiger partial charge is 0.454 e. The summed E-state index contributed by atoms with van der Waals surface area (Å²) in [7, 11) is 0. The summed E-state index contributed by atoms with van der Waals surface area (Å²) in [4.78, 5) is 14.6. The van der Waals surface area contributed by atoms with Crippen LogP contribution >= 0.6 is 0 Å². The Labute approximate surface area is 100 Å². The van der Waals surface area contributed by atoms with Crippen LogP contribution in [-0.2, 0) is 9.53 Å². The molecule has 0 bridgehead atoms. The Morgan fingerprint density at radius 3 is 2.82 bits per heavy atom. The molecule has 2 rings (SSSR count). The van der Waals surface area contributed by atoms with E-state index in [1.165, 1.54) is 0 Å². The van der Waals surface area contributed by atoms with E-state index < -0.39 is 0 Å². The monoisotopic (exact) mass is 229 g/mol. The average Bonchev–Trinajstić information content (AvgIpc) is 2.72. The van der Waals surface area contributed by atoms with Crippen LogP contribution in [0.1, 0.15) is 25.5 Å². The highest BCUT2D eigenvalue weighted by Gasteiger charge is 2.15. The third kappa shape index (κ3) is 2.23. The van der Waals surface area contributed by atoms with Gasteiger partial charge in [0.1, 0.15) is 6.10 Å². The first-order valence-electron chi connectivity index (χ1n) is 5.52. The number of hydrogen-bond donors (Lipinski definition) is 1. The Balaban J connectivity index is 2.28. The number of aromatic amines is 1. The zero-order valence-electron chi connectivity index (χ0n) is 9.99. The molecule has 2 aromatic rings. The van der Waals surface area contributed by atoms with Crippen LogP contribution in [0.5, 0.6) is 0 Å². The third-order valence-corrected chi connectivity index (χ3v) is 2.69. The molecule has 0 saturated carbocycles. The fourth-order valence-electron chi connectivity index (χ4n) is 1.75. The van der Waals surface area contributed by atoms with Crippen LogP contribution in [0.4, 0.5) is 0 Å². The first-order chi connectivity index (χ1) is 8.09. The van der Waals surface area contributed by atoms with Crippen LogP contribution in [0, 0.1) is 0 Å². The maximum Gasteiger partial charge on any atom is 0.333 e. The molecule has 1 unspecified atom stereocenters. The molecule has 3 nitrogen and oxygen atoms in total. The smallest absolute Gasteiger partial charge is 0.333 e. The lowest BCUT2D eigenvalue weighted by Gasteiger charge is -2.12. The summed E-state index contributed by atoms with van der Waals surface area (Å²) in [5.74, 6) is -0.359. The third-order valence-electron chi connectivity index (χ3n) is 2.69.